The van der Waals surface area contributed by atoms with E-state index in [0.29, 0.717) is 6.42 Å². The average molecular weight is 330 g/mol. The first-order valence-corrected chi connectivity index (χ1v) is 5.85. The minimum Gasteiger partial charge on any atom is -0.380 e. The number of allylic oxidation sites excluding steroid dienone is 1. The third kappa shape index (κ3) is 8.83. The molecule has 0 saturated heterocycles. The summed E-state index contributed by atoms with van der Waals surface area (Å²) in [4.78, 5) is 2.47. The van der Waals surface area contributed by atoms with Gasteiger partial charge < -0.3 is 5.11 Å². The van der Waals surface area contributed by atoms with E-state index < -0.39 is 6.10 Å². The van der Waals surface area contributed by atoms with Gasteiger partial charge in [0.1, 0.15) is 6.10 Å². The van der Waals surface area contributed by atoms with E-state index in [2.05, 4.69) is 49.2 Å². The van der Waals surface area contributed by atoms with Crippen molar-refractivity contribution < 1.29 is 5.11 Å². The standard InChI is InChI=1S/C9H11Br2ClO/c1-7(11)6-8(12)2-3-9(13)4-5-10/h8-9,13H,1-3,6H2/t8-,9?/m1/s1. The topological polar surface area (TPSA) is 20.2 Å². The number of aliphatic hydroxyl groups is 1. The van der Waals surface area contributed by atoms with Crippen molar-refractivity contribution in [2.45, 2.75) is 30.7 Å². The monoisotopic (exact) mass is 328 g/mol. The molecule has 0 aliphatic carbocycles. The summed E-state index contributed by atoms with van der Waals surface area (Å²) in [6.45, 7) is 3.69. The van der Waals surface area contributed by atoms with Gasteiger partial charge in [0.05, 0.1) is 0 Å². The maximum absolute atomic E-state index is 9.24. The van der Waals surface area contributed by atoms with Crippen LogP contribution in [0.15, 0.2) is 11.1 Å². The van der Waals surface area contributed by atoms with Crippen molar-refractivity contribution in [3.63, 3.8) is 0 Å². The Kier molecular flexibility index (Phi) is 8.18. The Morgan fingerprint density at radius 1 is 1.54 bits per heavy atom. The maximum Gasteiger partial charge on any atom is 0.115 e. The molecular formula is C9H11Br2ClO. The highest BCUT2D eigenvalue weighted by molar-refractivity contribution is 9.12. The molecule has 2 atom stereocenters. The van der Waals surface area contributed by atoms with E-state index in [1.807, 2.05) is 0 Å². The molecule has 0 fully saturated rings. The van der Waals surface area contributed by atoms with Gasteiger partial charge in [-0.25, -0.2) is 0 Å². The summed E-state index contributed by atoms with van der Waals surface area (Å²) in [5, 5.41) is 9.25. The minimum absolute atomic E-state index is 0.0126. The van der Waals surface area contributed by atoms with Gasteiger partial charge >= 0.3 is 0 Å². The van der Waals surface area contributed by atoms with Gasteiger partial charge in [0, 0.05) is 21.3 Å². The van der Waals surface area contributed by atoms with Gasteiger partial charge in [-0.1, -0.05) is 28.4 Å². The zero-order chi connectivity index (χ0) is 10.3. The molecule has 13 heavy (non-hydrogen) atoms. The molecule has 74 valence electrons. The number of aliphatic hydroxyl groups excluding tert-OH is 1. The molecule has 0 saturated carbocycles. The number of hydrogen-bond donors (Lipinski definition) is 1. The second-order valence-corrected chi connectivity index (χ2v) is 4.79. The van der Waals surface area contributed by atoms with E-state index >= 15 is 0 Å². The maximum atomic E-state index is 9.24. The Balaban J connectivity index is 3.61. The molecule has 0 aromatic heterocycles. The second-order valence-electron chi connectivity index (χ2n) is 2.65. The highest BCUT2D eigenvalue weighted by Crippen LogP contribution is 2.19. The molecule has 0 rings (SSSR count). The molecule has 0 amide bonds. The van der Waals surface area contributed by atoms with Gasteiger partial charge in [-0.3, -0.25) is 0 Å². The summed E-state index contributed by atoms with van der Waals surface area (Å²) in [6.07, 6.45) is 1.45. The summed E-state index contributed by atoms with van der Waals surface area (Å²) in [5.41, 5.74) is 0. The van der Waals surface area contributed by atoms with E-state index in [1.165, 1.54) is 0 Å². The number of rotatable bonds is 5. The third-order valence-electron chi connectivity index (χ3n) is 1.42. The highest BCUT2D eigenvalue weighted by atomic mass is 79.9. The normalized spacial score (nSPS) is 14.2. The van der Waals surface area contributed by atoms with Gasteiger partial charge in [0.25, 0.3) is 0 Å². The molecule has 0 spiro atoms. The third-order valence-corrected chi connectivity index (χ3v) is 2.34. The Labute approximate surface area is 101 Å². The van der Waals surface area contributed by atoms with Crippen molar-refractivity contribution in [3.05, 3.63) is 11.1 Å². The largest absolute Gasteiger partial charge is 0.380 e. The van der Waals surface area contributed by atoms with Crippen molar-refractivity contribution in [1.29, 1.82) is 0 Å². The van der Waals surface area contributed by atoms with Crippen LogP contribution in [0.2, 0.25) is 0 Å². The summed E-state index contributed by atoms with van der Waals surface area (Å²) < 4.78 is 0.883. The molecule has 1 nitrogen and oxygen atoms in total. The lowest BCUT2D eigenvalue weighted by atomic mass is 10.1. The zero-order valence-electron chi connectivity index (χ0n) is 7.06. The van der Waals surface area contributed by atoms with Crippen LogP contribution in [0.5, 0.6) is 0 Å². The van der Waals surface area contributed by atoms with Crippen molar-refractivity contribution in [3.8, 4) is 10.8 Å². The SMILES string of the molecule is C=C(Br)C[C@H](Cl)CCC(O)C#CBr. The van der Waals surface area contributed by atoms with Crippen LogP contribution in [0.3, 0.4) is 0 Å². The zero-order valence-corrected chi connectivity index (χ0v) is 11.0. The van der Waals surface area contributed by atoms with Crippen molar-refractivity contribution >= 4 is 43.5 Å². The van der Waals surface area contributed by atoms with Gasteiger partial charge in [-0.15, -0.1) is 11.6 Å². The van der Waals surface area contributed by atoms with E-state index in [0.717, 1.165) is 17.3 Å². The fourth-order valence-corrected chi connectivity index (χ4v) is 1.97. The second kappa shape index (κ2) is 7.87. The van der Waals surface area contributed by atoms with Crippen molar-refractivity contribution in [2.75, 3.05) is 0 Å². The van der Waals surface area contributed by atoms with Crippen molar-refractivity contribution in [2.24, 2.45) is 0 Å². The number of hydrogen-bond acceptors (Lipinski definition) is 1. The Hall–Kier alpha value is 0.510. The van der Waals surface area contributed by atoms with Crippen molar-refractivity contribution in [1.82, 2.24) is 0 Å². The molecule has 0 aliphatic heterocycles. The predicted molar refractivity (Wildman–Crippen MR) is 64.3 cm³/mol. The molecule has 0 aliphatic rings. The first-order valence-electron chi connectivity index (χ1n) is 3.82. The fraction of sp³-hybridized carbons (Fsp3) is 0.556. The molecule has 1 N–H and O–H groups in total. The number of halogens is 3. The molecule has 0 heterocycles. The summed E-state index contributed by atoms with van der Waals surface area (Å²) in [7, 11) is 0. The van der Waals surface area contributed by atoms with Crippen LogP contribution in [-0.2, 0) is 0 Å². The number of alkyl halides is 1. The van der Waals surface area contributed by atoms with E-state index in [9.17, 15) is 5.11 Å². The summed E-state index contributed by atoms with van der Waals surface area (Å²) >= 11 is 12.1. The van der Waals surface area contributed by atoms with E-state index in [-0.39, 0.29) is 5.38 Å². The van der Waals surface area contributed by atoms with Crippen LogP contribution in [0.25, 0.3) is 0 Å². The van der Waals surface area contributed by atoms with E-state index in [4.69, 9.17) is 11.6 Å². The van der Waals surface area contributed by atoms with Crippen LogP contribution in [-0.4, -0.2) is 16.6 Å². The fourth-order valence-electron chi connectivity index (χ4n) is 0.816. The highest BCUT2D eigenvalue weighted by Gasteiger charge is 2.08. The summed E-state index contributed by atoms with van der Waals surface area (Å²) in [6, 6.07) is 0. The Morgan fingerprint density at radius 3 is 2.62 bits per heavy atom. The first-order chi connectivity index (χ1) is 6.06. The molecule has 0 radical (unpaired) electrons. The van der Waals surface area contributed by atoms with Gasteiger partial charge in [-0.2, -0.15) is 0 Å². The van der Waals surface area contributed by atoms with Crippen LogP contribution in [0.1, 0.15) is 19.3 Å². The Bertz CT molecular complexity index is 219. The molecule has 0 aromatic rings. The van der Waals surface area contributed by atoms with Crippen LogP contribution >= 0.6 is 43.5 Å². The van der Waals surface area contributed by atoms with Crippen LogP contribution in [0, 0.1) is 10.8 Å². The van der Waals surface area contributed by atoms with Crippen LogP contribution < -0.4 is 0 Å². The lowest BCUT2D eigenvalue weighted by molar-refractivity contribution is 0.218. The van der Waals surface area contributed by atoms with Gasteiger partial charge in [-0.05, 0) is 28.6 Å². The minimum atomic E-state index is -0.593. The predicted octanol–water partition coefficient (Wildman–Crippen LogP) is 3.39. The smallest absolute Gasteiger partial charge is 0.115 e. The van der Waals surface area contributed by atoms with Gasteiger partial charge in [0.15, 0.2) is 0 Å². The average Bonchev–Trinajstić information content (AvgIpc) is 2.00. The van der Waals surface area contributed by atoms with Gasteiger partial charge in [0.2, 0.25) is 0 Å². The lowest BCUT2D eigenvalue weighted by Crippen LogP contribution is -2.07. The van der Waals surface area contributed by atoms with E-state index in [1.54, 1.807) is 0 Å². The quantitative estimate of drug-likeness (QED) is 0.605. The molecule has 4 heteroatoms. The van der Waals surface area contributed by atoms with Crippen LogP contribution in [0.4, 0.5) is 0 Å². The summed E-state index contributed by atoms with van der Waals surface area (Å²) in [5.74, 6) is 2.58. The lowest BCUT2D eigenvalue weighted by Gasteiger charge is -2.08. The molecule has 0 bridgehead atoms. The molecule has 1 unspecified atom stereocenters. The molecular weight excluding hydrogens is 319 g/mol. The first kappa shape index (κ1) is 13.5. The Morgan fingerprint density at radius 2 is 2.15 bits per heavy atom. The molecule has 0 aromatic carbocycles.